The van der Waals surface area contributed by atoms with Gasteiger partial charge in [-0.2, -0.15) is 0 Å². The van der Waals surface area contributed by atoms with Crippen LogP contribution in [0.4, 0.5) is 0 Å². The third-order valence-corrected chi connectivity index (χ3v) is 2.50. The fraction of sp³-hybridized carbons (Fsp3) is 0.833. The Morgan fingerprint density at radius 1 is 0.467 bits per heavy atom. The fourth-order valence-electron chi connectivity index (χ4n) is 1.77. The molecule has 15 heavy (non-hydrogen) atoms. The van der Waals surface area contributed by atoms with E-state index in [1.165, 1.54) is 64.2 Å². The van der Waals surface area contributed by atoms with Crippen LogP contribution in [0.1, 0.15) is 64.2 Å². The Morgan fingerprint density at radius 3 is 0.600 bits per heavy atom. The van der Waals surface area contributed by atoms with Gasteiger partial charge in [-0.25, -0.2) is 0 Å². The third kappa shape index (κ3) is 21.2. The molecule has 0 aromatic carbocycles. The van der Waals surface area contributed by atoms with E-state index in [9.17, 15) is 0 Å². The Labute approximate surface area is 114 Å². The van der Waals surface area contributed by atoms with Crippen molar-refractivity contribution in [2.45, 2.75) is 64.2 Å². The summed E-state index contributed by atoms with van der Waals surface area (Å²) >= 11 is -0.556. The molecule has 0 bridgehead atoms. The quantitative estimate of drug-likeness (QED) is 0.369. The topological polar surface area (TPSA) is 0 Å². The predicted octanol–water partition coefficient (Wildman–Crippen LogP) is 6.18. The van der Waals surface area contributed by atoms with Gasteiger partial charge in [-0.1, -0.05) is 64.2 Å². The van der Waals surface area contributed by atoms with Gasteiger partial charge in [0, 0.05) is 0 Å². The van der Waals surface area contributed by atoms with Crippen LogP contribution in [0.2, 0.25) is 0 Å². The first-order valence-electron chi connectivity index (χ1n) is 5.38. The van der Waals surface area contributed by atoms with Gasteiger partial charge in [-0.15, -0.1) is 0 Å². The maximum absolute atomic E-state index is 4.89. The average molecular weight is 289 g/mol. The van der Waals surface area contributed by atoms with E-state index >= 15 is 0 Å². The Bertz CT molecular complexity index is 56.5. The summed E-state index contributed by atoms with van der Waals surface area (Å²) in [5.74, 6) is 0. The first-order valence-corrected chi connectivity index (χ1v) is 9.68. The Hall–Kier alpha value is 1.29. The second kappa shape index (κ2) is 20.7. The Balaban J connectivity index is -0.000000140. The number of halogens is 2. The molecule has 0 N–H and O–H groups in total. The Morgan fingerprint density at radius 2 is 0.533 bits per heavy atom. The summed E-state index contributed by atoms with van der Waals surface area (Å²) in [6.07, 6.45) is 15.0. The molecule has 0 unspecified atom stereocenters. The van der Waals surface area contributed by atoms with Crippen molar-refractivity contribution in [3.05, 3.63) is 14.9 Å². The molecule has 0 nitrogen and oxygen atoms in total. The molecule has 2 aliphatic rings. The first-order chi connectivity index (χ1) is 6.41. The molecule has 0 aliphatic heterocycles. The van der Waals surface area contributed by atoms with E-state index in [4.69, 9.17) is 18.6 Å². The van der Waals surface area contributed by atoms with Crippen LogP contribution < -0.4 is 0 Å². The molecule has 0 spiro atoms. The molecule has 0 aromatic heterocycles. The van der Waals surface area contributed by atoms with Crippen LogP contribution in [-0.4, -0.2) is 0 Å². The van der Waals surface area contributed by atoms with Crippen molar-refractivity contribution >= 4 is 18.6 Å². The van der Waals surface area contributed by atoms with Crippen molar-refractivity contribution < 1.29 is 17.0 Å². The van der Waals surface area contributed by atoms with Gasteiger partial charge in [0.1, 0.15) is 0 Å². The van der Waals surface area contributed by atoms with Crippen LogP contribution in [0, 0.1) is 14.9 Å². The van der Waals surface area contributed by atoms with Gasteiger partial charge in [0.05, 0.1) is 0 Å². The number of hydrogen-bond acceptors (Lipinski definition) is 0. The standard InChI is InChI=1S/2C5H10.2CH3.2ClH.Ti/c2*1-2-4-5-3-1;;;;;/h2*1-5H2;2*1H3;2*1H;/q;;2*-1;;;+2/p-2. The van der Waals surface area contributed by atoms with Gasteiger partial charge >= 0.3 is 35.6 Å². The van der Waals surface area contributed by atoms with Gasteiger partial charge < -0.3 is 14.9 Å². The van der Waals surface area contributed by atoms with Crippen molar-refractivity contribution in [1.29, 1.82) is 0 Å². The third-order valence-electron chi connectivity index (χ3n) is 2.50. The van der Waals surface area contributed by atoms with Gasteiger partial charge in [-0.3, -0.25) is 0 Å². The van der Waals surface area contributed by atoms with Crippen molar-refractivity contribution in [2.24, 2.45) is 0 Å². The Kier molecular flexibility index (Phi) is 29.7. The van der Waals surface area contributed by atoms with E-state index in [2.05, 4.69) is 0 Å². The SMILES string of the molecule is C1CCCC1.C1CCCC1.[CH3-].[CH3-].[Cl][Ti][Cl]. The summed E-state index contributed by atoms with van der Waals surface area (Å²) in [5.41, 5.74) is 0. The van der Waals surface area contributed by atoms with Gasteiger partial charge in [0.15, 0.2) is 0 Å². The summed E-state index contributed by atoms with van der Waals surface area (Å²) in [5, 5.41) is 0. The molecule has 0 radical (unpaired) electrons. The molecule has 0 saturated heterocycles. The minimum absolute atomic E-state index is 0. The van der Waals surface area contributed by atoms with Gasteiger partial charge in [0.2, 0.25) is 0 Å². The molecular weight excluding hydrogens is 263 g/mol. The van der Waals surface area contributed by atoms with E-state index in [1.807, 2.05) is 0 Å². The van der Waals surface area contributed by atoms with Crippen LogP contribution in [0.3, 0.4) is 0 Å². The van der Waals surface area contributed by atoms with E-state index in [1.54, 1.807) is 0 Å². The van der Waals surface area contributed by atoms with Crippen LogP contribution >= 0.6 is 18.6 Å². The zero-order valence-corrected chi connectivity index (χ0v) is 13.4. The van der Waals surface area contributed by atoms with Gasteiger partial charge in [0.25, 0.3) is 0 Å². The van der Waals surface area contributed by atoms with Crippen molar-refractivity contribution in [1.82, 2.24) is 0 Å². The second-order valence-corrected chi connectivity index (χ2v) is 6.19. The van der Waals surface area contributed by atoms with Crippen LogP contribution in [0.25, 0.3) is 0 Å². The normalized spacial score (nSPS) is 16.9. The van der Waals surface area contributed by atoms with Crippen LogP contribution in [0.15, 0.2) is 0 Å². The molecule has 3 heteroatoms. The summed E-state index contributed by atoms with van der Waals surface area (Å²) in [6, 6.07) is 0. The predicted molar refractivity (Wildman–Crippen MR) is 70.7 cm³/mol. The van der Waals surface area contributed by atoms with Crippen molar-refractivity contribution in [3.8, 4) is 0 Å². The van der Waals surface area contributed by atoms with Crippen molar-refractivity contribution in [2.75, 3.05) is 0 Å². The molecule has 2 rings (SSSR count). The zero-order valence-electron chi connectivity index (χ0n) is 10.3. The molecule has 2 fully saturated rings. The van der Waals surface area contributed by atoms with Crippen LogP contribution in [0.5, 0.6) is 0 Å². The summed E-state index contributed by atoms with van der Waals surface area (Å²) in [4.78, 5) is 0. The molecule has 0 amide bonds. The molecule has 0 aromatic rings. The molecular formula is C12H26Cl2Ti-2. The van der Waals surface area contributed by atoms with E-state index in [0.717, 1.165) is 0 Å². The van der Waals surface area contributed by atoms with Gasteiger partial charge in [-0.05, 0) is 0 Å². The van der Waals surface area contributed by atoms with E-state index in [0.29, 0.717) is 0 Å². The van der Waals surface area contributed by atoms with Crippen LogP contribution in [-0.2, 0) is 17.0 Å². The molecule has 2 saturated carbocycles. The average Bonchev–Trinajstić information content (AvgIpc) is 2.85. The van der Waals surface area contributed by atoms with E-state index in [-0.39, 0.29) is 14.9 Å². The molecule has 94 valence electrons. The number of hydrogen-bond donors (Lipinski definition) is 0. The molecule has 0 heterocycles. The minimum atomic E-state index is -0.556. The zero-order chi connectivity index (χ0) is 9.78. The van der Waals surface area contributed by atoms with Crippen molar-refractivity contribution in [3.63, 3.8) is 0 Å². The summed E-state index contributed by atoms with van der Waals surface area (Å²) < 4.78 is 0. The van der Waals surface area contributed by atoms with E-state index < -0.39 is 17.0 Å². The fourth-order valence-corrected chi connectivity index (χ4v) is 1.77. The first kappa shape index (κ1) is 21.6. The number of rotatable bonds is 0. The summed E-state index contributed by atoms with van der Waals surface area (Å²) in [6.45, 7) is 0. The summed E-state index contributed by atoms with van der Waals surface area (Å²) in [7, 11) is 9.78. The second-order valence-electron chi connectivity index (χ2n) is 3.61. The molecule has 2 aliphatic carbocycles. The monoisotopic (exact) mass is 288 g/mol. The maximum atomic E-state index is 4.89. The molecule has 0 atom stereocenters.